The Morgan fingerprint density at radius 2 is 1.81 bits per heavy atom. The van der Waals surface area contributed by atoms with Gasteiger partial charge in [0.15, 0.2) is 0 Å². The molecular formula is C13H16N2O. The van der Waals surface area contributed by atoms with Crippen molar-refractivity contribution in [2.75, 3.05) is 0 Å². The van der Waals surface area contributed by atoms with E-state index in [2.05, 4.69) is 9.97 Å². The van der Waals surface area contributed by atoms with E-state index in [0.717, 1.165) is 31.5 Å². The predicted octanol–water partition coefficient (Wildman–Crippen LogP) is 2.68. The standard InChI is InChI=1S/C13H16N2O/c16-12-7-5-11(6-8-12)3-1-2-4-13-14-9-10-15-13/h5-10,16H,1-4H2,(H,14,15). The van der Waals surface area contributed by atoms with Crippen LogP contribution in [0.2, 0.25) is 0 Å². The molecule has 1 aromatic heterocycles. The first-order valence-corrected chi connectivity index (χ1v) is 5.61. The molecule has 16 heavy (non-hydrogen) atoms. The van der Waals surface area contributed by atoms with Crippen molar-refractivity contribution in [3.63, 3.8) is 0 Å². The van der Waals surface area contributed by atoms with Crippen LogP contribution in [0, 0.1) is 0 Å². The number of hydrogen-bond acceptors (Lipinski definition) is 2. The van der Waals surface area contributed by atoms with Gasteiger partial charge in [-0.05, 0) is 37.0 Å². The summed E-state index contributed by atoms with van der Waals surface area (Å²) in [6.45, 7) is 0. The molecule has 3 nitrogen and oxygen atoms in total. The van der Waals surface area contributed by atoms with Gasteiger partial charge in [0.25, 0.3) is 0 Å². The minimum absolute atomic E-state index is 0.333. The molecule has 0 amide bonds. The Bertz CT molecular complexity index is 406. The normalized spacial score (nSPS) is 10.5. The van der Waals surface area contributed by atoms with Crippen molar-refractivity contribution >= 4 is 0 Å². The molecule has 0 aliphatic heterocycles. The number of imidazole rings is 1. The number of H-pyrrole nitrogens is 1. The van der Waals surface area contributed by atoms with E-state index in [4.69, 9.17) is 5.11 Å². The van der Waals surface area contributed by atoms with Crippen LogP contribution in [0.15, 0.2) is 36.7 Å². The average Bonchev–Trinajstić information content (AvgIpc) is 2.80. The molecule has 2 N–H and O–H groups in total. The number of nitrogens with one attached hydrogen (secondary N) is 1. The van der Waals surface area contributed by atoms with Crippen LogP contribution in [0.4, 0.5) is 0 Å². The van der Waals surface area contributed by atoms with E-state index in [9.17, 15) is 0 Å². The second kappa shape index (κ2) is 5.35. The summed E-state index contributed by atoms with van der Waals surface area (Å²) < 4.78 is 0. The molecule has 1 heterocycles. The van der Waals surface area contributed by atoms with Crippen molar-refractivity contribution in [3.8, 4) is 5.75 Å². The third kappa shape index (κ3) is 3.12. The van der Waals surface area contributed by atoms with E-state index in [-0.39, 0.29) is 0 Å². The van der Waals surface area contributed by atoms with E-state index in [1.165, 1.54) is 5.56 Å². The van der Waals surface area contributed by atoms with Gasteiger partial charge in [-0.25, -0.2) is 4.98 Å². The third-order valence-electron chi connectivity index (χ3n) is 2.62. The SMILES string of the molecule is Oc1ccc(CCCCc2ncc[nH]2)cc1. The minimum Gasteiger partial charge on any atom is -0.508 e. The molecule has 3 heteroatoms. The lowest BCUT2D eigenvalue weighted by Crippen LogP contribution is -1.90. The fraction of sp³-hybridized carbons (Fsp3) is 0.308. The summed E-state index contributed by atoms with van der Waals surface area (Å²) in [6.07, 6.45) is 7.98. The van der Waals surface area contributed by atoms with Crippen molar-refractivity contribution in [1.29, 1.82) is 0 Å². The van der Waals surface area contributed by atoms with Gasteiger partial charge in [0.05, 0.1) is 0 Å². The summed E-state index contributed by atoms with van der Waals surface area (Å²) in [5, 5.41) is 9.14. The maximum Gasteiger partial charge on any atom is 0.115 e. The van der Waals surface area contributed by atoms with Crippen LogP contribution >= 0.6 is 0 Å². The summed E-state index contributed by atoms with van der Waals surface area (Å²) in [5.74, 6) is 1.39. The van der Waals surface area contributed by atoms with Gasteiger partial charge in [0.1, 0.15) is 11.6 Å². The van der Waals surface area contributed by atoms with Crippen molar-refractivity contribution in [3.05, 3.63) is 48.0 Å². The molecule has 2 aromatic rings. The zero-order valence-corrected chi connectivity index (χ0v) is 9.19. The molecule has 0 bridgehead atoms. The summed E-state index contributed by atoms with van der Waals surface area (Å²) in [5.41, 5.74) is 1.28. The molecule has 0 fully saturated rings. The second-order valence-corrected chi connectivity index (χ2v) is 3.91. The number of aromatic amines is 1. The number of aromatic nitrogens is 2. The molecule has 84 valence electrons. The molecule has 0 spiro atoms. The van der Waals surface area contributed by atoms with Gasteiger partial charge in [0, 0.05) is 18.8 Å². The predicted molar refractivity (Wildman–Crippen MR) is 63.3 cm³/mol. The summed E-state index contributed by atoms with van der Waals surface area (Å²) in [4.78, 5) is 7.28. The Labute approximate surface area is 95.2 Å². The Morgan fingerprint density at radius 3 is 2.50 bits per heavy atom. The zero-order chi connectivity index (χ0) is 11.2. The Kier molecular flexibility index (Phi) is 3.59. The molecular weight excluding hydrogens is 200 g/mol. The van der Waals surface area contributed by atoms with Crippen LogP contribution in [-0.2, 0) is 12.8 Å². The highest BCUT2D eigenvalue weighted by Crippen LogP contribution is 2.12. The number of unbranched alkanes of at least 4 members (excludes halogenated alkanes) is 1. The van der Waals surface area contributed by atoms with Gasteiger partial charge < -0.3 is 10.1 Å². The molecule has 0 aliphatic carbocycles. The Morgan fingerprint density at radius 1 is 1.06 bits per heavy atom. The molecule has 0 atom stereocenters. The Hall–Kier alpha value is -1.77. The van der Waals surface area contributed by atoms with E-state index in [1.54, 1.807) is 18.3 Å². The highest BCUT2D eigenvalue weighted by molar-refractivity contribution is 5.25. The number of phenols is 1. The van der Waals surface area contributed by atoms with Crippen LogP contribution in [0.5, 0.6) is 5.75 Å². The number of aromatic hydroxyl groups is 1. The fourth-order valence-electron chi connectivity index (χ4n) is 1.72. The smallest absolute Gasteiger partial charge is 0.115 e. The van der Waals surface area contributed by atoms with Crippen LogP contribution < -0.4 is 0 Å². The van der Waals surface area contributed by atoms with Crippen LogP contribution in [0.1, 0.15) is 24.2 Å². The average molecular weight is 216 g/mol. The molecule has 0 saturated heterocycles. The number of benzene rings is 1. The largest absolute Gasteiger partial charge is 0.508 e. The first kappa shape index (κ1) is 10.7. The second-order valence-electron chi connectivity index (χ2n) is 3.91. The van der Waals surface area contributed by atoms with Gasteiger partial charge in [-0.2, -0.15) is 0 Å². The Balaban J connectivity index is 1.70. The number of phenolic OH excluding ortho intramolecular Hbond substituents is 1. The molecule has 0 saturated carbocycles. The molecule has 0 unspecified atom stereocenters. The van der Waals surface area contributed by atoms with Crippen LogP contribution in [0.25, 0.3) is 0 Å². The van der Waals surface area contributed by atoms with E-state index >= 15 is 0 Å². The summed E-state index contributed by atoms with van der Waals surface area (Å²) >= 11 is 0. The number of aryl methyl sites for hydroxylation is 2. The number of hydrogen-bond donors (Lipinski definition) is 2. The van der Waals surface area contributed by atoms with Gasteiger partial charge in [-0.15, -0.1) is 0 Å². The lowest BCUT2D eigenvalue weighted by molar-refractivity contribution is 0.475. The molecule has 0 aliphatic rings. The summed E-state index contributed by atoms with van der Waals surface area (Å²) in [7, 11) is 0. The van der Waals surface area contributed by atoms with Gasteiger partial charge in [-0.1, -0.05) is 12.1 Å². The van der Waals surface area contributed by atoms with Gasteiger partial charge in [0.2, 0.25) is 0 Å². The van der Waals surface area contributed by atoms with Gasteiger partial charge in [-0.3, -0.25) is 0 Å². The lowest BCUT2D eigenvalue weighted by Gasteiger charge is -2.01. The van der Waals surface area contributed by atoms with Crippen molar-refractivity contribution in [2.45, 2.75) is 25.7 Å². The van der Waals surface area contributed by atoms with E-state index < -0.39 is 0 Å². The quantitative estimate of drug-likeness (QED) is 0.755. The fourth-order valence-corrected chi connectivity index (χ4v) is 1.72. The van der Waals surface area contributed by atoms with Crippen molar-refractivity contribution in [2.24, 2.45) is 0 Å². The maximum absolute atomic E-state index is 9.14. The first-order valence-electron chi connectivity index (χ1n) is 5.61. The van der Waals surface area contributed by atoms with Crippen LogP contribution in [-0.4, -0.2) is 15.1 Å². The molecule has 2 rings (SSSR count). The van der Waals surface area contributed by atoms with Crippen molar-refractivity contribution < 1.29 is 5.11 Å². The lowest BCUT2D eigenvalue weighted by atomic mass is 10.1. The summed E-state index contributed by atoms with van der Waals surface area (Å²) in [6, 6.07) is 7.42. The maximum atomic E-state index is 9.14. The third-order valence-corrected chi connectivity index (χ3v) is 2.62. The van der Waals surface area contributed by atoms with E-state index in [1.807, 2.05) is 18.3 Å². The van der Waals surface area contributed by atoms with Gasteiger partial charge >= 0.3 is 0 Å². The number of nitrogens with zero attached hydrogens (tertiary/aromatic N) is 1. The zero-order valence-electron chi connectivity index (χ0n) is 9.19. The number of rotatable bonds is 5. The van der Waals surface area contributed by atoms with Crippen molar-refractivity contribution in [1.82, 2.24) is 9.97 Å². The monoisotopic (exact) mass is 216 g/mol. The molecule has 1 aromatic carbocycles. The molecule has 0 radical (unpaired) electrons. The van der Waals surface area contributed by atoms with E-state index in [0.29, 0.717) is 5.75 Å². The highest BCUT2D eigenvalue weighted by Gasteiger charge is 1.96. The highest BCUT2D eigenvalue weighted by atomic mass is 16.3. The topological polar surface area (TPSA) is 48.9 Å². The minimum atomic E-state index is 0.333. The first-order chi connectivity index (χ1) is 7.84. The van der Waals surface area contributed by atoms with Crippen LogP contribution in [0.3, 0.4) is 0 Å².